The highest BCUT2D eigenvalue weighted by Crippen LogP contribution is 2.39. The molecule has 2 fully saturated rings. The second-order valence-corrected chi connectivity index (χ2v) is 13.8. The van der Waals surface area contributed by atoms with E-state index in [1.54, 1.807) is 12.1 Å². The summed E-state index contributed by atoms with van der Waals surface area (Å²) in [6.07, 6.45) is 15.1. The van der Waals surface area contributed by atoms with Crippen LogP contribution in [-0.4, -0.2) is 82.5 Å². The first-order valence-corrected chi connectivity index (χ1v) is 15.1. The van der Waals surface area contributed by atoms with Crippen molar-refractivity contribution >= 4 is 40.0 Å². The molecule has 214 valence electrons. The lowest BCUT2D eigenvalue weighted by Gasteiger charge is -2.33. The number of hydrogen-bond donors (Lipinski definition) is 1. The topological polar surface area (TPSA) is 83.5 Å². The van der Waals surface area contributed by atoms with Crippen molar-refractivity contribution in [2.24, 2.45) is 16.4 Å². The molecule has 39 heavy (non-hydrogen) atoms. The number of fused-ring (bicyclic) bond motifs is 2. The van der Waals surface area contributed by atoms with Crippen molar-refractivity contribution < 1.29 is 19.1 Å². The third-order valence-corrected chi connectivity index (χ3v) is 9.54. The number of allylic oxidation sites excluding steroid dienone is 5. The fourth-order valence-electron chi connectivity index (χ4n) is 5.59. The van der Waals surface area contributed by atoms with Gasteiger partial charge in [0.05, 0.1) is 24.9 Å². The van der Waals surface area contributed by atoms with Gasteiger partial charge in [-0.1, -0.05) is 51.2 Å². The molecule has 1 aliphatic carbocycles. The Bertz CT molecular complexity index is 1090. The SMILES string of the molecule is C/C=C\C(NC(=O)C(=O)C1(I)CC(C(C)(C)C)=NN1C)=C1\C=CC=CC1C(C)OCCN1CC2CCC(C1)O2. The normalized spacial score (nSPS) is 31.1. The predicted octanol–water partition coefficient (Wildman–Crippen LogP) is 4.38. The van der Waals surface area contributed by atoms with Gasteiger partial charge in [0.15, 0.2) is 3.55 Å². The molecule has 0 aromatic rings. The molecule has 0 saturated carbocycles. The fraction of sp³-hybridized carbons (Fsp3) is 0.633. The number of carbonyl (C=O) groups excluding carboxylic acids is 2. The second kappa shape index (κ2) is 12.4. The molecule has 5 unspecified atom stereocenters. The van der Waals surface area contributed by atoms with Crippen molar-refractivity contribution in [3.05, 3.63) is 47.7 Å². The zero-order valence-electron chi connectivity index (χ0n) is 24.1. The zero-order valence-corrected chi connectivity index (χ0v) is 26.2. The maximum Gasteiger partial charge on any atom is 0.295 e. The maximum atomic E-state index is 13.5. The van der Waals surface area contributed by atoms with Gasteiger partial charge in [0.1, 0.15) is 0 Å². The van der Waals surface area contributed by atoms with Crippen molar-refractivity contribution in [3.63, 3.8) is 0 Å². The van der Waals surface area contributed by atoms with Crippen LogP contribution >= 0.6 is 22.6 Å². The molecule has 4 rings (SSSR count). The molecule has 5 atom stereocenters. The summed E-state index contributed by atoms with van der Waals surface area (Å²) in [7, 11) is 1.76. The van der Waals surface area contributed by atoms with E-state index in [2.05, 4.69) is 71.7 Å². The van der Waals surface area contributed by atoms with Crippen molar-refractivity contribution in [1.82, 2.24) is 15.2 Å². The minimum Gasteiger partial charge on any atom is -0.376 e. The summed E-state index contributed by atoms with van der Waals surface area (Å²) in [6, 6.07) is 0. The van der Waals surface area contributed by atoms with Gasteiger partial charge in [-0.15, -0.1) is 0 Å². The quantitative estimate of drug-likeness (QED) is 0.173. The van der Waals surface area contributed by atoms with Crippen LogP contribution in [0.15, 0.2) is 52.8 Å². The Morgan fingerprint density at radius 2 is 1.97 bits per heavy atom. The summed E-state index contributed by atoms with van der Waals surface area (Å²) < 4.78 is 11.2. The predicted molar refractivity (Wildman–Crippen MR) is 163 cm³/mol. The molecule has 0 aromatic heterocycles. The largest absolute Gasteiger partial charge is 0.376 e. The van der Waals surface area contributed by atoms with Crippen molar-refractivity contribution in [3.8, 4) is 0 Å². The molecule has 9 heteroatoms. The van der Waals surface area contributed by atoms with E-state index < -0.39 is 15.2 Å². The lowest BCUT2D eigenvalue weighted by molar-refractivity contribution is -0.140. The van der Waals surface area contributed by atoms with Crippen LogP contribution < -0.4 is 5.32 Å². The van der Waals surface area contributed by atoms with Gasteiger partial charge in [0.25, 0.3) is 11.7 Å². The number of ketones is 1. The molecule has 8 nitrogen and oxygen atoms in total. The highest BCUT2D eigenvalue weighted by atomic mass is 127. The average molecular weight is 651 g/mol. The Morgan fingerprint density at radius 3 is 2.59 bits per heavy atom. The third kappa shape index (κ3) is 6.92. The zero-order chi connectivity index (χ0) is 28.4. The number of alkyl halides is 1. The first kappa shape index (κ1) is 30.1. The highest BCUT2D eigenvalue weighted by Gasteiger charge is 2.50. The number of nitrogens with zero attached hydrogens (tertiary/aromatic N) is 3. The smallest absolute Gasteiger partial charge is 0.295 e. The lowest BCUT2D eigenvalue weighted by atomic mass is 9.86. The number of likely N-dealkylation sites (tertiary alicyclic amines) is 1. The average Bonchev–Trinajstić information content (AvgIpc) is 3.40. The third-order valence-electron chi connectivity index (χ3n) is 7.98. The van der Waals surface area contributed by atoms with E-state index in [1.807, 2.05) is 37.3 Å². The van der Waals surface area contributed by atoms with Gasteiger partial charge in [-0.3, -0.25) is 19.5 Å². The molecule has 2 saturated heterocycles. The monoisotopic (exact) mass is 650 g/mol. The van der Waals surface area contributed by atoms with Gasteiger partial charge in [-0.2, -0.15) is 5.10 Å². The molecule has 4 aliphatic rings. The van der Waals surface area contributed by atoms with Gasteiger partial charge in [0, 0.05) is 55.8 Å². The summed E-state index contributed by atoms with van der Waals surface area (Å²) in [4.78, 5) is 29.3. The van der Waals surface area contributed by atoms with E-state index in [-0.39, 0.29) is 17.4 Å². The van der Waals surface area contributed by atoms with Gasteiger partial charge in [0.2, 0.25) is 0 Å². The minimum atomic E-state index is -1.05. The van der Waals surface area contributed by atoms with Gasteiger partial charge < -0.3 is 14.8 Å². The van der Waals surface area contributed by atoms with Crippen molar-refractivity contribution in [2.45, 2.75) is 75.7 Å². The first-order chi connectivity index (χ1) is 18.4. The number of hydrazone groups is 1. The number of Topliss-reactive ketones (excluding diaryl/α,β-unsaturated/α-hetero) is 1. The highest BCUT2D eigenvalue weighted by molar-refractivity contribution is 14.1. The Kier molecular flexibility index (Phi) is 9.56. The number of amides is 1. The Balaban J connectivity index is 1.42. The number of hydrogen-bond acceptors (Lipinski definition) is 7. The van der Waals surface area contributed by atoms with Crippen molar-refractivity contribution in [2.75, 3.05) is 33.3 Å². The molecule has 2 bridgehead atoms. The number of morpholine rings is 1. The summed E-state index contributed by atoms with van der Waals surface area (Å²) in [5, 5.41) is 9.16. The van der Waals surface area contributed by atoms with Crippen LogP contribution in [0, 0.1) is 11.3 Å². The summed E-state index contributed by atoms with van der Waals surface area (Å²) in [6.45, 7) is 13.6. The number of ether oxygens (including phenoxy) is 2. The Labute approximate surface area is 246 Å². The van der Waals surface area contributed by atoms with E-state index >= 15 is 0 Å². The van der Waals surface area contributed by atoms with E-state index in [1.165, 1.54) is 0 Å². The number of nitrogens with one attached hydrogen (secondary N) is 1. The molecule has 1 amide bonds. The van der Waals surface area contributed by atoms with Crippen LogP contribution in [0.3, 0.4) is 0 Å². The number of halogens is 1. The minimum absolute atomic E-state index is 0.0592. The Hall–Kier alpha value is -1.82. The summed E-state index contributed by atoms with van der Waals surface area (Å²) in [5.41, 5.74) is 2.26. The first-order valence-electron chi connectivity index (χ1n) is 14.0. The van der Waals surface area contributed by atoms with Crippen LogP contribution in [-0.2, 0) is 19.1 Å². The van der Waals surface area contributed by atoms with Crippen LogP contribution in [0.5, 0.6) is 0 Å². The van der Waals surface area contributed by atoms with Gasteiger partial charge in [-0.05, 0) is 60.9 Å². The molecule has 3 aliphatic heterocycles. The van der Waals surface area contributed by atoms with Crippen LogP contribution in [0.2, 0.25) is 0 Å². The van der Waals surface area contributed by atoms with Crippen molar-refractivity contribution in [1.29, 1.82) is 0 Å². The van der Waals surface area contributed by atoms with Gasteiger partial charge in [-0.25, -0.2) is 0 Å². The molecule has 0 aromatic carbocycles. The summed E-state index contributed by atoms with van der Waals surface area (Å²) >= 11 is 2.07. The maximum absolute atomic E-state index is 13.5. The molecular weight excluding hydrogens is 607 g/mol. The standard InChI is InChI=1S/C30H43IN4O4/c1-7-10-25(32-28(37)27(36)30(31)17-26(29(3,4)5)33-34(30)6)24-12-9-8-11-23(24)20(2)38-16-15-35-18-21-13-14-22(19-35)39-21/h7-12,20-23H,13-19H2,1-6H3,(H,32,37)/b10-7-,25-24+. The fourth-order valence-corrected chi connectivity index (χ4v) is 6.31. The van der Waals surface area contributed by atoms with E-state index in [0.717, 1.165) is 43.8 Å². The molecule has 1 N–H and O–H groups in total. The Morgan fingerprint density at radius 1 is 1.28 bits per heavy atom. The second-order valence-electron chi connectivity index (χ2n) is 12.0. The number of rotatable bonds is 9. The van der Waals surface area contributed by atoms with Crippen LogP contribution in [0.4, 0.5) is 0 Å². The van der Waals surface area contributed by atoms with Crippen LogP contribution in [0.1, 0.15) is 53.9 Å². The van der Waals surface area contributed by atoms with Crippen LogP contribution in [0.25, 0.3) is 0 Å². The molecule has 3 heterocycles. The lowest BCUT2D eigenvalue weighted by Crippen LogP contribution is -2.50. The molecular formula is C30H43IN4O4. The van der Waals surface area contributed by atoms with E-state index in [4.69, 9.17) is 9.47 Å². The van der Waals surface area contributed by atoms with E-state index in [0.29, 0.717) is 30.9 Å². The molecule has 0 spiro atoms. The number of likely N-dealkylation sites (N-methyl/N-ethyl adjacent to an activating group) is 1. The van der Waals surface area contributed by atoms with E-state index in [9.17, 15) is 9.59 Å². The molecule has 0 radical (unpaired) electrons. The number of carbonyl (C=O) groups is 2. The van der Waals surface area contributed by atoms with Gasteiger partial charge >= 0.3 is 0 Å². The summed E-state index contributed by atoms with van der Waals surface area (Å²) in [5.74, 6) is -1.21.